The fourth-order valence-electron chi connectivity index (χ4n) is 5.06. The second-order valence-electron chi connectivity index (χ2n) is 8.74. The van der Waals surface area contributed by atoms with E-state index in [4.69, 9.17) is 9.84 Å². The number of fused-ring (bicyclic) bond motifs is 3. The molecule has 2 aliphatic carbocycles. The van der Waals surface area contributed by atoms with Crippen LogP contribution < -0.4 is 5.32 Å². The average molecular weight is 451 g/mol. The minimum atomic E-state index is -0.914. The fraction of sp³-hybridized carbons (Fsp3) is 0.423. The molecular formula is C26H30N2O5. The van der Waals surface area contributed by atoms with Crippen molar-refractivity contribution in [3.8, 4) is 11.1 Å². The Morgan fingerprint density at radius 3 is 2.27 bits per heavy atom. The van der Waals surface area contributed by atoms with Gasteiger partial charge in [-0.3, -0.25) is 9.59 Å². The van der Waals surface area contributed by atoms with Gasteiger partial charge < -0.3 is 20.1 Å². The van der Waals surface area contributed by atoms with Crippen molar-refractivity contribution in [1.29, 1.82) is 0 Å². The van der Waals surface area contributed by atoms with Crippen molar-refractivity contribution in [2.45, 2.75) is 44.6 Å². The quantitative estimate of drug-likeness (QED) is 0.633. The molecule has 2 aliphatic rings. The molecule has 2 amide bonds. The Morgan fingerprint density at radius 1 is 1.03 bits per heavy atom. The Balaban J connectivity index is 1.30. The molecule has 33 heavy (non-hydrogen) atoms. The molecule has 2 N–H and O–H groups in total. The first-order valence-corrected chi connectivity index (χ1v) is 11.6. The second-order valence-corrected chi connectivity index (χ2v) is 8.74. The normalized spacial score (nSPS) is 18.9. The summed E-state index contributed by atoms with van der Waals surface area (Å²) in [5, 5.41) is 11.8. The van der Waals surface area contributed by atoms with Crippen LogP contribution in [0.15, 0.2) is 48.5 Å². The first kappa shape index (κ1) is 22.8. The zero-order valence-corrected chi connectivity index (χ0v) is 18.8. The molecule has 2 unspecified atom stereocenters. The molecule has 1 fully saturated rings. The molecule has 0 bridgehead atoms. The topological polar surface area (TPSA) is 95.9 Å². The summed E-state index contributed by atoms with van der Waals surface area (Å²) in [6, 6.07) is 16.3. The Bertz CT molecular complexity index is 991. The molecule has 0 aromatic heterocycles. The molecule has 7 nitrogen and oxygen atoms in total. The van der Waals surface area contributed by atoms with Crippen molar-refractivity contribution in [2.75, 3.05) is 19.7 Å². The molecule has 0 spiro atoms. The number of ether oxygens (including phenoxy) is 1. The van der Waals surface area contributed by atoms with Crippen LogP contribution in [0.2, 0.25) is 0 Å². The molecular weight excluding hydrogens is 420 g/mol. The molecule has 2 atom stereocenters. The summed E-state index contributed by atoms with van der Waals surface area (Å²) in [5.74, 6) is -1.14. The summed E-state index contributed by atoms with van der Waals surface area (Å²) in [7, 11) is 0. The molecule has 0 heterocycles. The van der Waals surface area contributed by atoms with E-state index in [1.54, 1.807) is 4.90 Å². The number of carbonyl (C=O) groups is 3. The van der Waals surface area contributed by atoms with Crippen molar-refractivity contribution in [3.05, 3.63) is 59.7 Å². The number of carboxylic acid groups (broad SMARTS) is 1. The van der Waals surface area contributed by atoms with E-state index in [0.717, 1.165) is 0 Å². The first-order valence-electron chi connectivity index (χ1n) is 11.6. The van der Waals surface area contributed by atoms with Gasteiger partial charge in [0.1, 0.15) is 6.61 Å². The third-order valence-corrected chi connectivity index (χ3v) is 6.74. The SMILES string of the molecule is CCN(CCC(=O)O)C(=O)C1CCC(NC(=O)OCC2c3ccccc3-c3ccccc32)C1. The van der Waals surface area contributed by atoms with E-state index in [9.17, 15) is 14.4 Å². The van der Waals surface area contributed by atoms with Crippen LogP contribution in [0.5, 0.6) is 0 Å². The summed E-state index contributed by atoms with van der Waals surface area (Å²) >= 11 is 0. The smallest absolute Gasteiger partial charge is 0.407 e. The minimum absolute atomic E-state index is 0.00778. The second kappa shape index (κ2) is 10.1. The van der Waals surface area contributed by atoms with Gasteiger partial charge in [0.2, 0.25) is 5.91 Å². The highest BCUT2D eigenvalue weighted by molar-refractivity contribution is 5.80. The number of hydrogen-bond donors (Lipinski definition) is 2. The Morgan fingerprint density at radius 2 is 1.67 bits per heavy atom. The molecule has 2 aromatic carbocycles. The zero-order valence-electron chi connectivity index (χ0n) is 18.8. The lowest BCUT2D eigenvalue weighted by molar-refractivity contribution is -0.139. The van der Waals surface area contributed by atoms with Crippen LogP contribution in [-0.2, 0) is 14.3 Å². The molecule has 2 aromatic rings. The monoisotopic (exact) mass is 450 g/mol. The Hall–Kier alpha value is -3.35. The summed E-state index contributed by atoms with van der Waals surface area (Å²) in [6.07, 6.45) is 1.40. The highest BCUT2D eigenvalue weighted by Crippen LogP contribution is 2.44. The van der Waals surface area contributed by atoms with Crippen molar-refractivity contribution in [2.24, 2.45) is 5.92 Å². The molecule has 0 saturated heterocycles. The predicted octanol–water partition coefficient (Wildman–Crippen LogP) is 4.02. The van der Waals surface area contributed by atoms with E-state index in [1.165, 1.54) is 22.3 Å². The summed E-state index contributed by atoms with van der Waals surface area (Å²) < 4.78 is 5.62. The Labute approximate surface area is 193 Å². The highest BCUT2D eigenvalue weighted by Gasteiger charge is 2.34. The van der Waals surface area contributed by atoms with Gasteiger partial charge >= 0.3 is 12.1 Å². The van der Waals surface area contributed by atoms with Gasteiger partial charge in [0, 0.05) is 31.0 Å². The van der Waals surface area contributed by atoms with Crippen LogP contribution in [0, 0.1) is 5.92 Å². The lowest BCUT2D eigenvalue weighted by Gasteiger charge is -2.23. The molecule has 0 radical (unpaired) electrons. The maximum atomic E-state index is 12.7. The number of benzene rings is 2. The number of carbonyl (C=O) groups excluding carboxylic acids is 2. The van der Waals surface area contributed by atoms with Gasteiger partial charge in [-0.25, -0.2) is 4.79 Å². The molecule has 7 heteroatoms. The number of hydrogen-bond acceptors (Lipinski definition) is 4. The number of amides is 2. The summed E-state index contributed by atoms with van der Waals surface area (Å²) in [6.45, 7) is 2.80. The number of carboxylic acids is 1. The van der Waals surface area contributed by atoms with Crippen LogP contribution >= 0.6 is 0 Å². The number of nitrogens with one attached hydrogen (secondary N) is 1. The van der Waals surface area contributed by atoms with Crippen molar-refractivity contribution in [1.82, 2.24) is 10.2 Å². The predicted molar refractivity (Wildman–Crippen MR) is 124 cm³/mol. The van der Waals surface area contributed by atoms with E-state index < -0.39 is 12.1 Å². The van der Waals surface area contributed by atoms with Crippen molar-refractivity contribution < 1.29 is 24.2 Å². The number of alkyl carbamates (subject to hydrolysis) is 1. The lowest BCUT2D eigenvalue weighted by atomic mass is 9.98. The Kier molecular flexibility index (Phi) is 6.96. The fourth-order valence-corrected chi connectivity index (χ4v) is 5.06. The minimum Gasteiger partial charge on any atom is -0.481 e. The zero-order chi connectivity index (χ0) is 23.4. The number of nitrogens with zero attached hydrogens (tertiary/aromatic N) is 1. The van der Waals surface area contributed by atoms with Gasteiger partial charge in [-0.05, 0) is 48.4 Å². The maximum Gasteiger partial charge on any atom is 0.407 e. The summed E-state index contributed by atoms with van der Waals surface area (Å²) in [5.41, 5.74) is 4.70. The molecule has 0 aliphatic heterocycles. The molecule has 1 saturated carbocycles. The molecule has 174 valence electrons. The van der Waals surface area contributed by atoms with Crippen molar-refractivity contribution >= 4 is 18.0 Å². The van der Waals surface area contributed by atoms with E-state index in [2.05, 4.69) is 29.6 Å². The first-order chi connectivity index (χ1) is 16.0. The van der Waals surface area contributed by atoms with Gasteiger partial charge in [0.05, 0.1) is 6.42 Å². The number of rotatable bonds is 8. The highest BCUT2D eigenvalue weighted by atomic mass is 16.5. The van der Waals surface area contributed by atoms with E-state index in [-0.39, 0.29) is 43.4 Å². The molecule has 4 rings (SSSR count). The van der Waals surface area contributed by atoms with Gasteiger partial charge in [-0.1, -0.05) is 48.5 Å². The van der Waals surface area contributed by atoms with Crippen LogP contribution in [-0.4, -0.2) is 53.7 Å². The van der Waals surface area contributed by atoms with Gasteiger partial charge in [-0.2, -0.15) is 0 Å². The van der Waals surface area contributed by atoms with Crippen LogP contribution in [0.1, 0.15) is 49.7 Å². The third kappa shape index (κ3) is 5.02. The van der Waals surface area contributed by atoms with Crippen LogP contribution in [0.4, 0.5) is 4.79 Å². The van der Waals surface area contributed by atoms with E-state index in [1.807, 2.05) is 31.2 Å². The van der Waals surface area contributed by atoms with Crippen molar-refractivity contribution in [3.63, 3.8) is 0 Å². The van der Waals surface area contributed by atoms with E-state index >= 15 is 0 Å². The van der Waals surface area contributed by atoms with Gasteiger partial charge in [-0.15, -0.1) is 0 Å². The summed E-state index contributed by atoms with van der Waals surface area (Å²) in [4.78, 5) is 37.7. The van der Waals surface area contributed by atoms with Gasteiger partial charge in [0.15, 0.2) is 0 Å². The number of aliphatic carboxylic acids is 1. The average Bonchev–Trinajstić information content (AvgIpc) is 3.40. The van der Waals surface area contributed by atoms with Crippen LogP contribution in [0.25, 0.3) is 11.1 Å². The third-order valence-electron chi connectivity index (χ3n) is 6.74. The largest absolute Gasteiger partial charge is 0.481 e. The van der Waals surface area contributed by atoms with E-state index in [0.29, 0.717) is 25.8 Å². The lowest BCUT2D eigenvalue weighted by Crippen LogP contribution is -2.38. The van der Waals surface area contributed by atoms with Gasteiger partial charge in [0.25, 0.3) is 0 Å². The van der Waals surface area contributed by atoms with Crippen LogP contribution in [0.3, 0.4) is 0 Å². The maximum absolute atomic E-state index is 12.7. The standard InChI is InChI=1S/C26H30N2O5/c1-2-28(14-13-24(29)30)25(31)17-11-12-18(15-17)27-26(32)33-16-23-21-9-5-3-7-19(21)20-8-4-6-10-22(20)23/h3-10,17-18,23H,2,11-16H2,1H3,(H,27,32)(H,29,30).